The summed E-state index contributed by atoms with van der Waals surface area (Å²) in [7, 11) is 1.32. The molecule has 0 aliphatic carbocycles. The molecular formula is C17H18FN5O2. The number of esters is 1. The Kier molecular flexibility index (Phi) is 4.87. The van der Waals surface area contributed by atoms with Gasteiger partial charge in [0.05, 0.1) is 18.7 Å². The van der Waals surface area contributed by atoms with Crippen molar-refractivity contribution >= 4 is 22.8 Å². The maximum absolute atomic E-state index is 13.3. The van der Waals surface area contributed by atoms with Crippen LogP contribution in [-0.4, -0.2) is 38.9 Å². The summed E-state index contributed by atoms with van der Waals surface area (Å²) in [4.78, 5) is 19.9. The molecule has 130 valence electrons. The van der Waals surface area contributed by atoms with Crippen LogP contribution in [0.3, 0.4) is 0 Å². The van der Waals surface area contributed by atoms with Gasteiger partial charge in [0.15, 0.2) is 5.65 Å². The fourth-order valence-corrected chi connectivity index (χ4v) is 2.61. The third kappa shape index (κ3) is 3.90. The quantitative estimate of drug-likeness (QED) is 0.691. The van der Waals surface area contributed by atoms with Gasteiger partial charge in [0.2, 0.25) is 0 Å². The highest BCUT2D eigenvalue weighted by molar-refractivity contribution is 5.87. The molecule has 0 fully saturated rings. The largest absolute Gasteiger partial charge is 0.468 e. The maximum atomic E-state index is 13.3. The molecular weight excluding hydrogens is 325 g/mol. The zero-order valence-electron chi connectivity index (χ0n) is 13.9. The molecule has 3 aromatic rings. The van der Waals surface area contributed by atoms with Gasteiger partial charge in [-0.25, -0.2) is 19.0 Å². The predicted molar refractivity (Wildman–Crippen MR) is 90.5 cm³/mol. The van der Waals surface area contributed by atoms with E-state index in [1.165, 1.54) is 30.3 Å². The molecule has 8 heteroatoms. The van der Waals surface area contributed by atoms with Gasteiger partial charge in [0.25, 0.3) is 0 Å². The number of ether oxygens (including phenoxy) is 1. The first-order valence-corrected chi connectivity index (χ1v) is 7.81. The van der Waals surface area contributed by atoms with Crippen molar-refractivity contribution in [2.45, 2.75) is 25.9 Å². The number of carbonyl (C=O) groups excluding carboxylic acids is 1. The van der Waals surface area contributed by atoms with Crippen LogP contribution in [0.1, 0.15) is 12.5 Å². The molecule has 2 heterocycles. The van der Waals surface area contributed by atoms with Crippen molar-refractivity contribution in [3.05, 3.63) is 48.2 Å². The molecule has 0 spiro atoms. The van der Waals surface area contributed by atoms with E-state index in [1.807, 2.05) is 13.0 Å². The van der Waals surface area contributed by atoms with Crippen molar-refractivity contribution < 1.29 is 13.9 Å². The highest BCUT2D eigenvalue weighted by Crippen LogP contribution is 2.20. The number of fused-ring (bicyclic) bond motifs is 1. The molecule has 1 atom stereocenters. The van der Waals surface area contributed by atoms with Crippen molar-refractivity contribution in [3.8, 4) is 0 Å². The van der Waals surface area contributed by atoms with E-state index in [0.29, 0.717) is 23.3 Å². The van der Waals surface area contributed by atoms with Crippen LogP contribution < -0.4 is 5.32 Å². The number of hydrogen-bond acceptors (Lipinski definition) is 6. The predicted octanol–water partition coefficient (Wildman–Crippen LogP) is 2.18. The van der Waals surface area contributed by atoms with Crippen LogP contribution in [0.25, 0.3) is 11.0 Å². The van der Waals surface area contributed by atoms with Crippen LogP contribution in [0.5, 0.6) is 0 Å². The first kappa shape index (κ1) is 16.8. The number of halogens is 1. The van der Waals surface area contributed by atoms with E-state index in [9.17, 15) is 9.18 Å². The van der Waals surface area contributed by atoms with Crippen molar-refractivity contribution in [2.24, 2.45) is 0 Å². The van der Waals surface area contributed by atoms with Crippen LogP contribution in [-0.2, 0) is 22.5 Å². The first-order valence-electron chi connectivity index (χ1n) is 7.81. The first-order chi connectivity index (χ1) is 12.1. The third-order valence-corrected chi connectivity index (χ3v) is 3.75. The van der Waals surface area contributed by atoms with Crippen molar-refractivity contribution in [1.82, 2.24) is 19.7 Å². The maximum Gasteiger partial charge on any atom is 0.327 e. The Hall–Kier alpha value is -3.03. The number of rotatable bonds is 6. The second-order valence-electron chi connectivity index (χ2n) is 5.72. The fourth-order valence-electron chi connectivity index (χ4n) is 2.61. The summed E-state index contributed by atoms with van der Waals surface area (Å²) in [6.45, 7) is 1.97. The molecule has 0 radical (unpaired) electrons. The van der Waals surface area contributed by atoms with E-state index in [-0.39, 0.29) is 18.4 Å². The minimum absolute atomic E-state index is 0.0175. The number of hydrogen-bond donors (Lipinski definition) is 1. The Balaban J connectivity index is 1.78. The van der Waals surface area contributed by atoms with E-state index in [1.54, 1.807) is 12.3 Å². The number of nitrogens with one attached hydrogen (secondary N) is 1. The fraction of sp³-hybridized carbons (Fsp3) is 0.294. The van der Waals surface area contributed by atoms with Crippen molar-refractivity contribution in [1.29, 1.82) is 0 Å². The molecule has 7 nitrogen and oxygen atoms in total. The van der Waals surface area contributed by atoms with Crippen LogP contribution in [0.15, 0.2) is 36.8 Å². The average Bonchev–Trinajstić information content (AvgIpc) is 2.99. The van der Waals surface area contributed by atoms with Gasteiger partial charge in [-0.1, -0.05) is 12.1 Å². The summed E-state index contributed by atoms with van der Waals surface area (Å²) in [6, 6.07) is 6.53. The summed E-state index contributed by atoms with van der Waals surface area (Å²) < 4.78 is 19.4. The highest BCUT2D eigenvalue weighted by atomic mass is 19.1. The summed E-state index contributed by atoms with van der Waals surface area (Å²) in [6.07, 6.45) is 3.66. The lowest BCUT2D eigenvalue weighted by atomic mass is 10.1. The topological polar surface area (TPSA) is 81.9 Å². The Morgan fingerprint density at radius 1 is 1.40 bits per heavy atom. The van der Waals surface area contributed by atoms with Crippen LogP contribution in [0.4, 0.5) is 10.2 Å². The number of aromatic nitrogens is 4. The van der Waals surface area contributed by atoms with E-state index < -0.39 is 5.97 Å². The van der Waals surface area contributed by atoms with Crippen LogP contribution >= 0.6 is 0 Å². The van der Waals surface area contributed by atoms with E-state index >= 15 is 0 Å². The summed E-state index contributed by atoms with van der Waals surface area (Å²) in [5, 5.41) is 8.17. The van der Waals surface area contributed by atoms with Crippen molar-refractivity contribution in [3.63, 3.8) is 0 Å². The summed E-state index contributed by atoms with van der Waals surface area (Å²) in [5.74, 6) is -0.0409. The molecule has 2 aromatic heterocycles. The standard InChI is InChI=1S/C17H18FN5O2/c1-11(6-12-4-3-5-13(18)7-12)22-16-14-8-21-23(9-15(24)25-2)17(14)20-10-19-16/h3-5,7-8,10-11H,6,9H2,1-2H3,(H,19,20,22). The molecule has 1 aromatic carbocycles. The molecule has 0 aliphatic rings. The lowest BCUT2D eigenvalue weighted by molar-refractivity contribution is -0.141. The van der Waals surface area contributed by atoms with Gasteiger partial charge >= 0.3 is 5.97 Å². The Labute approximate surface area is 143 Å². The molecule has 0 saturated carbocycles. The minimum Gasteiger partial charge on any atom is -0.468 e. The molecule has 1 unspecified atom stereocenters. The molecule has 0 amide bonds. The van der Waals surface area contributed by atoms with Gasteiger partial charge in [-0.05, 0) is 31.0 Å². The smallest absolute Gasteiger partial charge is 0.327 e. The zero-order valence-corrected chi connectivity index (χ0v) is 13.9. The van der Waals surface area contributed by atoms with Gasteiger partial charge in [-0.15, -0.1) is 0 Å². The van der Waals surface area contributed by atoms with Gasteiger partial charge in [-0.2, -0.15) is 5.10 Å². The van der Waals surface area contributed by atoms with E-state index in [2.05, 4.69) is 25.1 Å². The number of benzene rings is 1. The second kappa shape index (κ2) is 7.25. The number of nitrogens with zero attached hydrogens (tertiary/aromatic N) is 4. The van der Waals surface area contributed by atoms with Crippen LogP contribution in [0, 0.1) is 5.82 Å². The Morgan fingerprint density at radius 3 is 3.00 bits per heavy atom. The average molecular weight is 343 g/mol. The van der Waals surface area contributed by atoms with E-state index in [0.717, 1.165) is 5.56 Å². The number of anilines is 1. The Bertz CT molecular complexity index is 896. The van der Waals surface area contributed by atoms with Crippen molar-refractivity contribution in [2.75, 3.05) is 12.4 Å². The lowest BCUT2D eigenvalue weighted by Gasteiger charge is -2.15. The number of carbonyl (C=O) groups is 1. The van der Waals surface area contributed by atoms with Gasteiger partial charge in [0, 0.05) is 6.04 Å². The minimum atomic E-state index is -0.405. The monoisotopic (exact) mass is 343 g/mol. The molecule has 0 saturated heterocycles. The van der Waals surface area contributed by atoms with E-state index in [4.69, 9.17) is 0 Å². The third-order valence-electron chi connectivity index (χ3n) is 3.75. The van der Waals surface area contributed by atoms with Gasteiger partial charge in [0.1, 0.15) is 24.5 Å². The van der Waals surface area contributed by atoms with Gasteiger partial charge < -0.3 is 10.1 Å². The number of methoxy groups -OCH3 is 1. The normalized spacial score (nSPS) is 12.1. The zero-order chi connectivity index (χ0) is 17.8. The molecule has 25 heavy (non-hydrogen) atoms. The van der Waals surface area contributed by atoms with Gasteiger partial charge in [-0.3, -0.25) is 4.79 Å². The molecule has 0 aliphatic heterocycles. The SMILES string of the molecule is COC(=O)Cn1ncc2c(NC(C)Cc3cccc(F)c3)ncnc21. The lowest BCUT2D eigenvalue weighted by Crippen LogP contribution is -2.19. The second-order valence-corrected chi connectivity index (χ2v) is 5.72. The summed E-state index contributed by atoms with van der Waals surface area (Å²) >= 11 is 0. The highest BCUT2D eigenvalue weighted by Gasteiger charge is 2.14. The summed E-state index contributed by atoms with van der Waals surface area (Å²) in [5.41, 5.74) is 1.44. The van der Waals surface area contributed by atoms with Crippen LogP contribution in [0.2, 0.25) is 0 Å². The molecule has 3 rings (SSSR count). The molecule has 0 bridgehead atoms. The molecule has 1 N–H and O–H groups in total. The Morgan fingerprint density at radius 2 is 2.24 bits per heavy atom.